The zero-order chi connectivity index (χ0) is 14.2. The molecule has 19 heavy (non-hydrogen) atoms. The van der Waals surface area contributed by atoms with Crippen LogP contribution in [-0.2, 0) is 9.47 Å². The van der Waals surface area contributed by atoms with Crippen LogP contribution in [0.1, 0.15) is 11.8 Å². The molecule has 1 fully saturated rings. The minimum Gasteiger partial charge on any atom is -0.394 e. The average Bonchev–Trinajstić information content (AvgIpc) is 2.70. The van der Waals surface area contributed by atoms with Gasteiger partial charge in [0.1, 0.15) is 18.3 Å². The summed E-state index contributed by atoms with van der Waals surface area (Å²) in [5.74, 6) is 0. The monoisotopic (exact) mass is 272 g/mol. The number of hydrogen-bond donors (Lipinski definition) is 3. The Labute approximate surface area is 108 Å². The van der Waals surface area contributed by atoms with E-state index < -0.39 is 42.4 Å². The van der Waals surface area contributed by atoms with Gasteiger partial charge in [-0.15, -0.1) is 0 Å². The molecule has 0 spiro atoms. The second-order valence-corrected chi connectivity index (χ2v) is 4.42. The van der Waals surface area contributed by atoms with Crippen LogP contribution in [0.3, 0.4) is 0 Å². The quantitative estimate of drug-likeness (QED) is 0.593. The number of H-pyrrole nitrogens is 1. The lowest BCUT2D eigenvalue weighted by molar-refractivity contribution is -0.0626. The molecule has 106 valence electrons. The molecule has 0 aliphatic carbocycles. The van der Waals surface area contributed by atoms with Gasteiger partial charge in [0, 0.05) is 18.9 Å². The molecule has 1 aromatic rings. The highest BCUT2D eigenvalue weighted by Gasteiger charge is 2.45. The van der Waals surface area contributed by atoms with Crippen LogP contribution in [-0.4, -0.2) is 51.8 Å². The van der Waals surface area contributed by atoms with Crippen molar-refractivity contribution in [3.05, 3.63) is 32.6 Å². The third kappa shape index (κ3) is 2.35. The van der Waals surface area contributed by atoms with Crippen molar-refractivity contribution in [3.8, 4) is 0 Å². The lowest BCUT2D eigenvalue weighted by atomic mass is 10.1. The number of rotatable bonds is 3. The molecule has 2 heterocycles. The number of nitrogens with zero attached hydrogens (tertiary/aromatic N) is 1. The molecule has 8 heteroatoms. The molecule has 1 saturated heterocycles. The molecule has 4 atom stereocenters. The maximum atomic E-state index is 11.8. The van der Waals surface area contributed by atoms with Gasteiger partial charge < -0.3 is 19.7 Å². The molecule has 2 rings (SSSR count). The molecule has 0 saturated carbocycles. The molecule has 8 nitrogen and oxygen atoms in total. The van der Waals surface area contributed by atoms with Gasteiger partial charge >= 0.3 is 5.69 Å². The minimum absolute atomic E-state index is 0.333. The summed E-state index contributed by atoms with van der Waals surface area (Å²) in [7, 11) is 1.37. The smallest absolute Gasteiger partial charge is 0.330 e. The van der Waals surface area contributed by atoms with Crippen LogP contribution >= 0.6 is 0 Å². The summed E-state index contributed by atoms with van der Waals surface area (Å²) < 4.78 is 11.7. The number of methoxy groups -OCH3 is 1. The Morgan fingerprint density at radius 2 is 2.21 bits per heavy atom. The first kappa shape index (κ1) is 13.9. The Morgan fingerprint density at radius 1 is 1.53 bits per heavy atom. The summed E-state index contributed by atoms with van der Waals surface area (Å²) in [5.41, 5.74) is -0.805. The number of aryl methyl sites for hydroxylation is 1. The number of aromatic nitrogens is 2. The van der Waals surface area contributed by atoms with Crippen molar-refractivity contribution in [3.63, 3.8) is 0 Å². The highest BCUT2D eigenvalue weighted by molar-refractivity contribution is 5.03. The van der Waals surface area contributed by atoms with E-state index in [0.29, 0.717) is 5.56 Å². The molecule has 0 bridgehead atoms. The van der Waals surface area contributed by atoms with Gasteiger partial charge in [0.05, 0.1) is 6.61 Å². The third-order valence-electron chi connectivity index (χ3n) is 3.18. The maximum absolute atomic E-state index is 11.8. The normalized spacial score (nSPS) is 30.7. The first-order valence-corrected chi connectivity index (χ1v) is 5.78. The van der Waals surface area contributed by atoms with Crippen LogP contribution in [0.2, 0.25) is 0 Å². The SMILES string of the molecule is CO[C@@H]1[C@H](O)[C@@H](CO)O[C@@H]1n1cc(C)c(=O)[nH]c1=O. The number of aliphatic hydroxyl groups excluding tert-OH is 2. The van der Waals surface area contributed by atoms with Crippen LogP contribution < -0.4 is 11.2 Å². The van der Waals surface area contributed by atoms with Crippen molar-refractivity contribution in [1.29, 1.82) is 0 Å². The molecule has 1 aromatic heterocycles. The number of nitrogens with one attached hydrogen (secondary N) is 1. The van der Waals surface area contributed by atoms with Crippen LogP contribution in [0.5, 0.6) is 0 Å². The van der Waals surface area contributed by atoms with Crippen LogP contribution in [0, 0.1) is 6.92 Å². The largest absolute Gasteiger partial charge is 0.394 e. The highest BCUT2D eigenvalue weighted by atomic mass is 16.6. The average molecular weight is 272 g/mol. The fourth-order valence-electron chi connectivity index (χ4n) is 2.12. The van der Waals surface area contributed by atoms with Crippen molar-refractivity contribution in [1.82, 2.24) is 9.55 Å². The lowest BCUT2D eigenvalue weighted by Crippen LogP contribution is -2.39. The van der Waals surface area contributed by atoms with Gasteiger partial charge in [0.25, 0.3) is 5.56 Å². The molecule has 0 aromatic carbocycles. The first-order valence-electron chi connectivity index (χ1n) is 5.78. The van der Waals surface area contributed by atoms with Gasteiger partial charge in [0.15, 0.2) is 6.23 Å². The fraction of sp³-hybridized carbons (Fsp3) is 0.636. The summed E-state index contributed by atoms with van der Waals surface area (Å²) in [4.78, 5) is 25.2. The molecule has 1 aliphatic heterocycles. The molecule has 0 radical (unpaired) electrons. The van der Waals surface area contributed by atoms with Crippen molar-refractivity contribution in [2.75, 3.05) is 13.7 Å². The summed E-state index contributed by atoms with van der Waals surface area (Å²) in [6, 6.07) is 0. The zero-order valence-corrected chi connectivity index (χ0v) is 10.6. The minimum atomic E-state index is -1.06. The third-order valence-corrected chi connectivity index (χ3v) is 3.18. The predicted octanol–water partition coefficient (Wildman–Crippen LogP) is -1.89. The Balaban J connectivity index is 2.44. The van der Waals surface area contributed by atoms with Crippen molar-refractivity contribution in [2.45, 2.75) is 31.5 Å². The van der Waals surface area contributed by atoms with Crippen molar-refractivity contribution >= 4 is 0 Å². The van der Waals surface area contributed by atoms with Crippen molar-refractivity contribution in [2.24, 2.45) is 0 Å². The van der Waals surface area contributed by atoms with E-state index in [9.17, 15) is 14.7 Å². The number of aromatic amines is 1. The van der Waals surface area contributed by atoms with E-state index in [1.54, 1.807) is 6.92 Å². The van der Waals surface area contributed by atoms with E-state index in [1.165, 1.54) is 13.3 Å². The van der Waals surface area contributed by atoms with Gasteiger partial charge in [-0.3, -0.25) is 14.3 Å². The second kappa shape index (κ2) is 5.25. The van der Waals surface area contributed by atoms with E-state index in [-0.39, 0.29) is 0 Å². The van der Waals surface area contributed by atoms with Crippen molar-refractivity contribution < 1.29 is 19.7 Å². The molecular formula is C11H16N2O6. The van der Waals surface area contributed by atoms with E-state index in [4.69, 9.17) is 14.6 Å². The topological polar surface area (TPSA) is 114 Å². The van der Waals surface area contributed by atoms with E-state index in [0.717, 1.165) is 4.57 Å². The molecular weight excluding hydrogens is 256 g/mol. The molecule has 1 aliphatic rings. The Kier molecular flexibility index (Phi) is 3.85. The predicted molar refractivity (Wildman–Crippen MR) is 63.9 cm³/mol. The number of ether oxygens (including phenoxy) is 2. The Morgan fingerprint density at radius 3 is 2.79 bits per heavy atom. The van der Waals surface area contributed by atoms with Crippen LogP contribution in [0.15, 0.2) is 15.8 Å². The van der Waals surface area contributed by atoms with Crippen LogP contribution in [0.25, 0.3) is 0 Å². The molecule has 0 amide bonds. The maximum Gasteiger partial charge on any atom is 0.330 e. The summed E-state index contributed by atoms with van der Waals surface area (Å²) in [6.07, 6.45) is -2.27. The highest BCUT2D eigenvalue weighted by Crippen LogP contribution is 2.30. The summed E-state index contributed by atoms with van der Waals surface area (Å²) in [5, 5.41) is 19.0. The van der Waals surface area contributed by atoms with Gasteiger partial charge in [-0.05, 0) is 6.92 Å². The summed E-state index contributed by atoms with van der Waals surface area (Å²) in [6.45, 7) is 1.15. The van der Waals surface area contributed by atoms with Gasteiger partial charge in [-0.1, -0.05) is 0 Å². The fourth-order valence-corrected chi connectivity index (χ4v) is 2.12. The number of aliphatic hydroxyl groups is 2. The molecule has 3 N–H and O–H groups in total. The van der Waals surface area contributed by atoms with Gasteiger partial charge in [-0.25, -0.2) is 4.79 Å². The van der Waals surface area contributed by atoms with Gasteiger partial charge in [0.2, 0.25) is 0 Å². The van der Waals surface area contributed by atoms with Gasteiger partial charge in [-0.2, -0.15) is 0 Å². The molecule has 0 unspecified atom stereocenters. The number of hydrogen-bond acceptors (Lipinski definition) is 6. The second-order valence-electron chi connectivity index (χ2n) is 4.42. The Bertz CT molecular complexity index is 565. The van der Waals surface area contributed by atoms with Crippen LogP contribution in [0.4, 0.5) is 0 Å². The first-order chi connectivity index (χ1) is 8.99. The lowest BCUT2D eigenvalue weighted by Gasteiger charge is -2.20. The zero-order valence-electron chi connectivity index (χ0n) is 10.6. The van der Waals surface area contributed by atoms with E-state index in [2.05, 4.69) is 4.98 Å². The Hall–Kier alpha value is -1.48. The standard InChI is InChI=1S/C11H16N2O6/c1-5-3-13(11(17)12-9(5)16)10-8(18-2)7(15)6(4-14)19-10/h3,6-8,10,14-15H,4H2,1-2H3,(H,12,16,17)/t6-,7-,8-,10+/m1/s1. The van der Waals surface area contributed by atoms with E-state index >= 15 is 0 Å². The van der Waals surface area contributed by atoms with E-state index in [1.807, 2.05) is 0 Å². The summed E-state index contributed by atoms with van der Waals surface area (Å²) >= 11 is 0.